The highest BCUT2D eigenvalue weighted by Crippen LogP contribution is 2.27. The van der Waals surface area contributed by atoms with Gasteiger partial charge in [0, 0.05) is 19.0 Å². The molecule has 22 heavy (non-hydrogen) atoms. The number of aliphatic imine (C=N–C) groups is 1. The predicted octanol–water partition coefficient (Wildman–Crippen LogP) is 1.48. The van der Waals surface area contributed by atoms with E-state index in [1.165, 1.54) is 0 Å². The third-order valence-corrected chi connectivity index (χ3v) is 4.30. The van der Waals surface area contributed by atoms with Crippen LogP contribution in [0.5, 0.6) is 0 Å². The van der Waals surface area contributed by atoms with Gasteiger partial charge in [-0.25, -0.2) is 4.98 Å². The summed E-state index contributed by atoms with van der Waals surface area (Å²) in [7, 11) is 2.00. The van der Waals surface area contributed by atoms with Crippen molar-refractivity contribution >= 4 is 41.3 Å². The molecule has 2 rings (SSSR count). The molecule has 0 radical (unpaired) electrons. The number of nitrogens with zero attached hydrogens (tertiary/aromatic N) is 3. The fourth-order valence-corrected chi connectivity index (χ4v) is 2.74. The van der Waals surface area contributed by atoms with Crippen molar-refractivity contribution in [3.63, 3.8) is 0 Å². The van der Waals surface area contributed by atoms with Crippen molar-refractivity contribution < 1.29 is 9.84 Å². The average Bonchev–Trinajstić information content (AvgIpc) is 2.82. The van der Waals surface area contributed by atoms with E-state index in [2.05, 4.69) is 25.6 Å². The van der Waals surface area contributed by atoms with Gasteiger partial charge in [0.25, 0.3) is 0 Å². The van der Waals surface area contributed by atoms with Gasteiger partial charge >= 0.3 is 0 Å². The van der Waals surface area contributed by atoms with Crippen LogP contribution in [0.2, 0.25) is 0 Å². The van der Waals surface area contributed by atoms with Crippen LogP contribution in [0.1, 0.15) is 17.6 Å². The first kappa shape index (κ1) is 19.6. The maximum atomic E-state index is 9.46. The van der Waals surface area contributed by atoms with E-state index in [0.29, 0.717) is 19.8 Å². The predicted molar refractivity (Wildman–Crippen MR) is 100 cm³/mol. The number of aliphatic hydroxyl groups excluding tert-OH is 1. The number of ether oxygens (including phenoxy) is 1. The number of rotatable bonds is 6. The first-order chi connectivity index (χ1) is 10.1. The summed E-state index contributed by atoms with van der Waals surface area (Å²) in [5.41, 5.74) is 0.855. The van der Waals surface area contributed by atoms with Crippen LogP contribution in [0, 0.1) is 12.3 Å². The van der Waals surface area contributed by atoms with Gasteiger partial charge in [0.1, 0.15) is 0 Å². The number of guanidine groups is 1. The van der Waals surface area contributed by atoms with Gasteiger partial charge in [0.05, 0.1) is 49.0 Å². The second kappa shape index (κ2) is 8.99. The molecule has 126 valence electrons. The van der Waals surface area contributed by atoms with E-state index in [-0.39, 0.29) is 36.0 Å². The molecule has 8 heteroatoms. The highest BCUT2D eigenvalue weighted by molar-refractivity contribution is 14.0. The Hall–Kier alpha value is -0.450. The van der Waals surface area contributed by atoms with Crippen LogP contribution in [0.25, 0.3) is 0 Å². The molecule has 1 aliphatic heterocycles. The van der Waals surface area contributed by atoms with Gasteiger partial charge in [-0.2, -0.15) is 0 Å². The van der Waals surface area contributed by atoms with Gasteiger partial charge in [0.2, 0.25) is 0 Å². The minimum atomic E-state index is -0.196. The van der Waals surface area contributed by atoms with Crippen molar-refractivity contribution in [2.75, 3.05) is 40.0 Å². The summed E-state index contributed by atoms with van der Waals surface area (Å²) in [4.78, 5) is 11.2. The molecule has 2 heterocycles. The molecule has 1 aromatic rings. The summed E-state index contributed by atoms with van der Waals surface area (Å²) < 4.78 is 5.21. The summed E-state index contributed by atoms with van der Waals surface area (Å²) >= 11 is 1.66. The number of aryl methyl sites for hydroxylation is 1. The van der Waals surface area contributed by atoms with Crippen LogP contribution in [-0.2, 0) is 11.3 Å². The van der Waals surface area contributed by atoms with Gasteiger partial charge in [-0.1, -0.05) is 0 Å². The number of aromatic nitrogens is 1. The van der Waals surface area contributed by atoms with E-state index in [9.17, 15) is 5.11 Å². The van der Waals surface area contributed by atoms with Gasteiger partial charge in [-0.3, -0.25) is 4.99 Å². The lowest BCUT2D eigenvalue weighted by atomic mass is 9.87. The van der Waals surface area contributed by atoms with Crippen molar-refractivity contribution in [3.8, 4) is 0 Å². The number of thiazole rings is 1. The average molecular weight is 440 g/mol. The highest BCUT2D eigenvalue weighted by Gasteiger charge is 2.38. The van der Waals surface area contributed by atoms with Crippen LogP contribution in [0.15, 0.2) is 10.4 Å². The molecule has 2 N–H and O–H groups in total. The van der Waals surface area contributed by atoms with Crippen LogP contribution in [-0.4, -0.2) is 60.9 Å². The smallest absolute Gasteiger partial charge is 0.194 e. The molecule has 0 bridgehead atoms. The fourth-order valence-electron chi connectivity index (χ4n) is 2.13. The maximum absolute atomic E-state index is 9.46. The summed E-state index contributed by atoms with van der Waals surface area (Å²) in [5.74, 6) is 0.836. The Balaban J connectivity index is 0.00000242. The van der Waals surface area contributed by atoms with Crippen molar-refractivity contribution in [1.29, 1.82) is 0 Å². The topological polar surface area (TPSA) is 70.0 Å². The summed E-state index contributed by atoms with van der Waals surface area (Å²) in [6, 6.07) is 0. The van der Waals surface area contributed by atoms with E-state index in [1.807, 2.05) is 20.9 Å². The molecule has 0 saturated carbocycles. The van der Waals surface area contributed by atoms with Crippen molar-refractivity contribution in [3.05, 3.63) is 16.1 Å². The molecular formula is C14H25IN4O2S. The lowest BCUT2D eigenvalue weighted by molar-refractivity contribution is -0.130. The second-order valence-electron chi connectivity index (χ2n) is 5.54. The van der Waals surface area contributed by atoms with Crippen molar-refractivity contribution in [2.24, 2.45) is 10.4 Å². The van der Waals surface area contributed by atoms with E-state index in [0.717, 1.165) is 29.8 Å². The zero-order chi connectivity index (χ0) is 15.3. The van der Waals surface area contributed by atoms with E-state index in [4.69, 9.17) is 4.74 Å². The lowest BCUT2D eigenvalue weighted by Gasteiger charge is -2.38. The zero-order valence-corrected chi connectivity index (χ0v) is 16.5. The van der Waals surface area contributed by atoms with Crippen molar-refractivity contribution in [2.45, 2.75) is 20.4 Å². The number of halogens is 1. The first-order valence-electron chi connectivity index (χ1n) is 7.17. The molecule has 0 atom stereocenters. The molecule has 1 saturated heterocycles. The molecule has 1 aliphatic rings. The normalized spacial score (nSPS) is 16.6. The Morgan fingerprint density at radius 2 is 2.32 bits per heavy atom. The number of hydrogen-bond acceptors (Lipinski definition) is 5. The molecule has 0 aliphatic carbocycles. The third-order valence-electron chi connectivity index (χ3n) is 3.48. The molecule has 6 nitrogen and oxygen atoms in total. The Labute approximate surface area is 153 Å². The van der Waals surface area contributed by atoms with Crippen molar-refractivity contribution in [1.82, 2.24) is 15.2 Å². The van der Waals surface area contributed by atoms with Gasteiger partial charge < -0.3 is 20.1 Å². The van der Waals surface area contributed by atoms with Crippen LogP contribution in [0.3, 0.4) is 0 Å². The summed E-state index contributed by atoms with van der Waals surface area (Å²) in [6.07, 6.45) is 0. The molecular weight excluding hydrogens is 415 g/mol. The first-order valence-corrected chi connectivity index (χ1v) is 8.05. The Morgan fingerprint density at radius 1 is 1.59 bits per heavy atom. The quantitative estimate of drug-likeness (QED) is 0.399. The third kappa shape index (κ3) is 5.04. The molecule has 0 amide bonds. The fraction of sp³-hybridized carbons (Fsp3) is 0.714. The summed E-state index contributed by atoms with van der Waals surface area (Å²) in [6.45, 7) is 7.44. The minimum Gasteiger partial charge on any atom is -0.396 e. The largest absolute Gasteiger partial charge is 0.396 e. The minimum absolute atomic E-state index is 0. The molecule has 1 aromatic heterocycles. The Kier molecular flexibility index (Phi) is 8.01. The van der Waals surface area contributed by atoms with E-state index in [1.54, 1.807) is 11.3 Å². The Bertz CT molecular complexity index is 485. The van der Waals surface area contributed by atoms with Gasteiger partial charge in [-0.05, 0) is 13.8 Å². The van der Waals surface area contributed by atoms with E-state index >= 15 is 0 Å². The van der Waals surface area contributed by atoms with Gasteiger partial charge in [-0.15, -0.1) is 35.3 Å². The molecule has 0 aromatic carbocycles. The molecule has 0 unspecified atom stereocenters. The Morgan fingerprint density at radius 3 is 2.77 bits per heavy atom. The highest BCUT2D eigenvalue weighted by atomic mass is 127. The second-order valence-corrected chi connectivity index (χ2v) is 6.60. The van der Waals surface area contributed by atoms with Gasteiger partial charge in [0.15, 0.2) is 5.96 Å². The lowest BCUT2D eigenvalue weighted by Crippen LogP contribution is -2.49. The molecule has 1 fully saturated rings. The SMILES string of the molecule is CCNC(=NCC1(CO)COC1)N(C)Cc1csc(C)n1.I. The number of hydrogen-bond donors (Lipinski definition) is 2. The van der Waals surface area contributed by atoms with Crippen LogP contribution in [0.4, 0.5) is 0 Å². The number of nitrogens with one attached hydrogen (secondary N) is 1. The molecule has 0 spiro atoms. The van der Waals surface area contributed by atoms with E-state index < -0.39 is 0 Å². The standard InChI is InChI=1S/C14H24N4O2S.HI/c1-4-15-13(16-7-14(8-19)9-20-10-14)18(3)5-12-6-21-11(2)17-12;/h6,19H,4-5,7-10H2,1-3H3,(H,15,16);1H. The summed E-state index contributed by atoms with van der Waals surface area (Å²) in [5, 5.41) is 15.9. The zero-order valence-electron chi connectivity index (χ0n) is 13.3. The maximum Gasteiger partial charge on any atom is 0.194 e. The number of aliphatic hydroxyl groups is 1. The monoisotopic (exact) mass is 440 g/mol. The van der Waals surface area contributed by atoms with Crippen LogP contribution < -0.4 is 5.32 Å². The van der Waals surface area contributed by atoms with Crippen LogP contribution >= 0.6 is 35.3 Å².